The third kappa shape index (κ3) is 3.82. The van der Waals surface area contributed by atoms with Crippen LogP contribution >= 0.6 is 0 Å². The Kier molecular flexibility index (Phi) is 4.97. The number of piperazine rings is 1. The molecule has 0 bridgehead atoms. The number of carbonyl (C=O) groups is 1. The van der Waals surface area contributed by atoms with Crippen molar-refractivity contribution in [1.82, 2.24) is 0 Å². The summed E-state index contributed by atoms with van der Waals surface area (Å²) in [6.07, 6.45) is -2.44. The first-order chi connectivity index (χ1) is 13.4. The highest BCUT2D eigenvalue weighted by Crippen LogP contribution is 2.28. The molecule has 8 heteroatoms. The van der Waals surface area contributed by atoms with E-state index in [9.17, 15) is 18.0 Å². The van der Waals surface area contributed by atoms with Crippen LogP contribution in [-0.4, -0.2) is 45.2 Å². The van der Waals surface area contributed by atoms with Crippen molar-refractivity contribution in [3.05, 3.63) is 53.7 Å². The molecular weight excluding hydrogens is 369 g/mol. The maximum atomic E-state index is 12.7. The van der Waals surface area contributed by atoms with Gasteiger partial charge in [-0.15, -0.1) is 0 Å². The van der Waals surface area contributed by atoms with Crippen molar-refractivity contribution in [3.8, 4) is 0 Å². The Morgan fingerprint density at radius 1 is 1.07 bits per heavy atom. The van der Waals surface area contributed by atoms with Gasteiger partial charge in [0.1, 0.15) is 32.4 Å². The number of benzene rings is 1. The molecule has 0 unspecified atom stereocenters. The lowest BCUT2D eigenvalue weighted by Crippen LogP contribution is -3.16. The van der Waals surface area contributed by atoms with E-state index in [0.29, 0.717) is 25.5 Å². The molecule has 5 nitrogen and oxygen atoms in total. The summed E-state index contributed by atoms with van der Waals surface area (Å²) < 4.78 is 38.0. The van der Waals surface area contributed by atoms with Gasteiger partial charge in [-0.25, -0.2) is 4.98 Å². The number of fused-ring (bicyclic) bond motifs is 1. The van der Waals surface area contributed by atoms with Gasteiger partial charge in [0.2, 0.25) is 0 Å². The van der Waals surface area contributed by atoms with Crippen molar-refractivity contribution in [3.63, 3.8) is 0 Å². The van der Waals surface area contributed by atoms with Crippen molar-refractivity contribution in [2.24, 2.45) is 0 Å². The van der Waals surface area contributed by atoms with Crippen molar-refractivity contribution in [1.29, 1.82) is 0 Å². The molecule has 2 aromatic rings. The van der Waals surface area contributed by atoms with Gasteiger partial charge in [0.05, 0.1) is 5.56 Å². The summed E-state index contributed by atoms with van der Waals surface area (Å²) in [7, 11) is 0. The van der Waals surface area contributed by atoms with Crippen molar-refractivity contribution in [2.45, 2.75) is 12.6 Å². The Morgan fingerprint density at radius 2 is 1.82 bits per heavy atom. The number of H-pyrrole nitrogens is 1. The monoisotopic (exact) mass is 392 g/mol. The summed E-state index contributed by atoms with van der Waals surface area (Å²) in [5.41, 5.74) is 1.55. The van der Waals surface area contributed by atoms with Crippen LogP contribution in [0.5, 0.6) is 0 Å². The summed E-state index contributed by atoms with van der Waals surface area (Å²) in [5.74, 6) is 0.807. The molecule has 3 heterocycles. The number of pyridine rings is 1. The minimum atomic E-state index is -4.34. The van der Waals surface area contributed by atoms with Crippen LogP contribution in [0, 0.1) is 0 Å². The van der Waals surface area contributed by atoms with E-state index < -0.39 is 11.7 Å². The zero-order valence-corrected chi connectivity index (χ0v) is 15.4. The lowest BCUT2D eigenvalue weighted by atomic mass is 10.2. The van der Waals surface area contributed by atoms with Gasteiger partial charge in [0.25, 0.3) is 11.7 Å². The zero-order chi connectivity index (χ0) is 19.7. The van der Waals surface area contributed by atoms with Gasteiger partial charge < -0.3 is 9.80 Å². The third-order valence-corrected chi connectivity index (χ3v) is 5.52. The van der Waals surface area contributed by atoms with Crippen molar-refractivity contribution >= 4 is 17.4 Å². The molecular formula is C20H23F3N4O+2. The second-order valence-electron chi connectivity index (χ2n) is 7.30. The van der Waals surface area contributed by atoms with Gasteiger partial charge in [-0.1, -0.05) is 18.2 Å². The minimum Gasteiger partial charge on any atom is -0.321 e. The molecule has 0 atom stereocenters. The quantitative estimate of drug-likeness (QED) is 0.840. The first kappa shape index (κ1) is 18.7. The van der Waals surface area contributed by atoms with Gasteiger partial charge >= 0.3 is 6.18 Å². The number of amides is 1. The second-order valence-corrected chi connectivity index (χ2v) is 7.30. The fourth-order valence-corrected chi connectivity index (χ4v) is 3.94. The predicted molar refractivity (Wildman–Crippen MR) is 98.3 cm³/mol. The SMILES string of the molecule is O=C(C[NH+]1CCN(c2ccc(C(F)(F)F)c[nH+]2)CC1)N1CCc2ccccc21. The van der Waals surface area contributed by atoms with Crippen LogP contribution in [0.25, 0.3) is 0 Å². The molecule has 0 radical (unpaired) electrons. The topological polar surface area (TPSA) is 42.1 Å². The number of anilines is 2. The Hall–Kier alpha value is -2.61. The fourth-order valence-electron chi connectivity index (χ4n) is 3.94. The smallest absolute Gasteiger partial charge is 0.321 e. The van der Waals surface area contributed by atoms with Gasteiger partial charge in [0, 0.05) is 18.3 Å². The lowest BCUT2D eigenvalue weighted by Gasteiger charge is -2.29. The molecule has 2 aliphatic heterocycles. The number of aromatic amines is 1. The van der Waals surface area contributed by atoms with Crippen molar-refractivity contribution < 1.29 is 27.8 Å². The first-order valence-electron chi connectivity index (χ1n) is 9.47. The number of nitrogens with one attached hydrogen (secondary N) is 2. The molecule has 0 spiro atoms. The molecule has 0 aliphatic carbocycles. The molecule has 148 valence electrons. The van der Waals surface area contributed by atoms with E-state index >= 15 is 0 Å². The molecule has 1 aromatic carbocycles. The highest BCUT2D eigenvalue weighted by atomic mass is 19.4. The van der Waals surface area contributed by atoms with Crippen molar-refractivity contribution in [2.75, 3.05) is 49.1 Å². The number of carbonyl (C=O) groups excluding carboxylic acids is 1. The Bertz CT molecular complexity index is 845. The number of halogens is 3. The van der Waals surface area contributed by atoms with E-state index in [-0.39, 0.29) is 5.91 Å². The zero-order valence-electron chi connectivity index (χ0n) is 15.4. The molecule has 0 saturated carbocycles. The van der Waals surface area contributed by atoms with Crippen LogP contribution in [0.4, 0.5) is 24.7 Å². The highest BCUT2D eigenvalue weighted by Gasteiger charge is 2.34. The standard InChI is InChI=1S/C20H21F3N4O/c21-20(22,23)16-5-6-18(24-13-16)26-11-9-25(10-12-26)14-19(28)27-8-7-15-3-1-2-4-17(15)27/h1-6,13H,7-12,14H2/p+2. The Labute approximate surface area is 161 Å². The van der Waals surface area contributed by atoms with Gasteiger partial charge in [0.15, 0.2) is 6.54 Å². The van der Waals surface area contributed by atoms with E-state index in [1.165, 1.54) is 16.5 Å². The van der Waals surface area contributed by atoms with Crippen LogP contribution in [0.1, 0.15) is 11.1 Å². The number of aromatic nitrogens is 1. The number of para-hydroxylation sites is 1. The Morgan fingerprint density at radius 3 is 2.50 bits per heavy atom. The van der Waals surface area contributed by atoms with E-state index in [0.717, 1.165) is 44.0 Å². The maximum Gasteiger partial charge on any atom is 0.419 e. The number of nitrogens with zero attached hydrogens (tertiary/aromatic N) is 2. The lowest BCUT2D eigenvalue weighted by molar-refractivity contribution is -0.892. The molecule has 4 rings (SSSR count). The molecule has 1 saturated heterocycles. The van der Waals surface area contributed by atoms with Crippen LogP contribution in [0.3, 0.4) is 0 Å². The van der Waals surface area contributed by atoms with E-state index in [1.54, 1.807) is 0 Å². The van der Waals surface area contributed by atoms with Crippen LogP contribution in [0.2, 0.25) is 0 Å². The fraction of sp³-hybridized carbons (Fsp3) is 0.400. The summed E-state index contributed by atoms with van der Waals surface area (Å²) in [6, 6.07) is 10.6. The molecule has 2 N–H and O–H groups in total. The van der Waals surface area contributed by atoms with Crippen LogP contribution in [-0.2, 0) is 17.4 Å². The molecule has 1 fully saturated rings. The second kappa shape index (κ2) is 7.43. The predicted octanol–water partition coefficient (Wildman–Crippen LogP) is 0.814. The highest BCUT2D eigenvalue weighted by molar-refractivity contribution is 5.96. The summed E-state index contributed by atoms with van der Waals surface area (Å²) in [5, 5.41) is 0. The average molecular weight is 392 g/mol. The third-order valence-electron chi connectivity index (χ3n) is 5.52. The number of alkyl halides is 3. The van der Waals surface area contributed by atoms with Gasteiger partial charge in [-0.05, 0) is 24.1 Å². The largest absolute Gasteiger partial charge is 0.419 e. The van der Waals surface area contributed by atoms with Crippen LogP contribution in [0.15, 0.2) is 42.6 Å². The maximum absolute atomic E-state index is 12.7. The van der Waals surface area contributed by atoms with E-state index in [2.05, 4.69) is 11.1 Å². The van der Waals surface area contributed by atoms with Gasteiger partial charge in [-0.2, -0.15) is 13.2 Å². The Balaban J connectivity index is 1.32. The molecule has 1 amide bonds. The number of hydrogen-bond acceptors (Lipinski definition) is 2. The number of rotatable bonds is 3. The van der Waals surface area contributed by atoms with Crippen LogP contribution < -0.4 is 19.7 Å². The minimum absolute atomic E-state index is 0.134. The number of hydrogen-bond donors (Lipinski definition) is 1. The summed E-state index contributed by atoms with van der Waals surface area (Å²) >= 11 is 0. The molecule has 28 heavy (non-hydrogen) atoms. The van der Waals surface area contributed by atoms with Gasteiger partial charge in [-0.3, -0.25) is 9.69 Å². The molecule has 1 aromatic heterocycles. The first-order valence-corrected chi connectivity index (χ1v) is 9.47. The average Bonchev–Trinajstić information content (AvgIpc) is 3.12. The summed E-state index contributed by atoms with van der Waals surface area (Å²) in [4.78, 5) is 20.6. The van der Waals surface area contributed by atoms with E-state index in [4.69, 9.17) is 0 Å². The summed E-state index contributed by atoms with van der Waals surface area (Å²) in [6.45, 7) is 4.12. The van der Waals surface area contributed by atoms with E-state index in [1.807, 2.05) is 28.0 Å². The normalized spacial score (nSPS) is 17.7. The number of quaternary nitrogens is 1. The molecule has 2 aliphatic rings.